The molecule has 1 N–H and O–H groups in total. The number of hydrogen-bond donors (Lipinski definition) is 1. The van der Waals surface area contributed by atoms with Crippen molar-refractivity contribution >= 4 is 32.6 Å². The van der Waals surface area contributed by atoms with Crippen LogP contribution in [0.3, 0.4) is 0 Å². The molecular weight excluding hydrogens is 296 g/mol. The summed E-state index contributed by atoms with van der Waals surface area (Å²) in [4.78, 5) is 16.9. The zero-order chi connectivity index (χ0) is 15.5. The van der Waals surface area contributed by atoms with Crippen molar-refractivity contribution < 1.29 is 9.53 Å². The van der Waals surface area contributed by atoms with Crippen LogP contribution in [0.25, 0.3) is 10.2 Å². The van der Waals surface area contributed by atoms with Gasteiger partial charge in [0.15, 0.2) is 5.13 Å². The van der Waals surface area contributed by atoms with Gasteiger partial charge < -0.3 is 4.74 Å². The Morgan fingerprint density at radius 2 is 1.86 bits per heavy atom. The zero-order valence-corrected chi connectivity index (χ0v) is 13.2. The third-order valence-electron chi connectivity index (χ3n) is 3.01. The van der Waals surface area contributed by atoms with E-state index in [0.29, 0.717) is 16.4 Å². The van der Waals surface area contributed by atoms with Gasteiger partial charge in [-0.25, -0.2) is 4.98 Å². The second kappa shape index (κ2) is 6.15. The first-order chi connectivity index (χ1) is 10.6. The van der Waals surface area contributed by atoms with E-state index in [9.17, 15) is 4.79 Å². The van der Waals surface area contributed by atoms with Crippen LogP contribution in [-0.2, 0) is 0 Å². The molecule has 0 spiro atoms. The van der Waals surface area contributed by atoms with Crippen LogP contribution in [0.1, 0.15) is 24.2 Å². The Hall–Kier alpha value is -2.40. The molecule has 22 heavy (non-hydrogen) atoms. The van der Waals surface area contributed by atoms with E-state index in [1.807, 2.05) is 50.2 Å². The average molecular weight is 312 g/mol. The van der Waals surface area contributed by atoms with Crippen LogP contribution in [0, 0.1) is 0 Å². The molecule has 0 aliphatic rings. The number of carbonyl (C=O) groups excluding carboxylic acids is 1. The highest BCUT2D eigenvalue weighted by molar-refractivity contribution is 7.22. The minimum Gasteiger partial charge on any atom is -0.490 e. The van der Waals surface area contributed by atoms with Crippen molar-refractivity contribution in [1.29, 1.82) is 0 Å². The summed E-state index contributed by atoms with van der Waals surface area (Å²) in [6, 6.07) is 15.0. The second-order valence-electron chi connectivity index (χ2n) is 5.10. The van der Waals surface area contributed by atoms with Crippen molar-refractivity contribution in [2.24, 2.45) is 0 Å². The van der Waals surface area contributed by atoms with Crippen LogP contribution in [0.4, 0.5) is 5.13 Å². The summed E-state index contributed by atoms with van der Waals surface area (Å²) < 4.78 is 6.73. The number of hydrogen-bond acceptors (Lipinski definition) is 4. The minimum absolute atomic E-state index is 0.0106. The predicted molar refractivity (Wildman–Crippen MR) is 89.8 cm³/mol. The van der Waals surface area contributed by atoms with Crippen molar-refractivity contribution in [3.05, 3.63) is 54.1 Å². The van der Waals surface area contributed by atoms with E-state index < -0.39 is 0 Å². The Morgan fingerprint density at radius 3 is 2.64 bits per heavy atom. The predicted octanol–water partition coefficient (Wildman–Crippen LogP) is 4.34. The highest BCUT2D eigenvalue weighted by Crippen LogP contribution is 2.27. The molecule has 0 aliphatic heterocycles. The van der Waals surface area contributed by atoms with Crippen LogP contribution < -0.4 is 10.1 Å². The Bertz CT molecular complexity index is 778. The number of aromatic nitrogens is 1. The third-order valence-corrected chi connectivity index (χ3v) is 3.96. The zero-order valence-electron chi connectivity index (χ0n) is 12.4. The standard InChI is InChI=1S/C17H16N2O2S/c1-11(2)21-14-9-5-3-7-12(14)16(20)19-17-18-13-8-4-6-10-15(13)22-17/h3-11H,1-2H3,(H,18,19,20). The molecule has 1 amide bonds. The van der Waals surface area contributed by atoms with Gasteiger partial charge >= 0.3 is 0 Å². The molecule has 0 atom stereocenters. The van der Waals surface area contributed by atoms with Crippen molar-refractivity contribution in [3.63, 3.8) is 0 Å². The molecule has 0 saturated carbocycles. The number of carbonyl (C=O) groups is 1. The molecule has 0 bridgehead atoms. The van der Waals surface area contributed by atoms with E-state index in [1.165, 1.54) is 11.3 Å². The Morgan fingerprint density at radius 1 is 1.14 bits per heavy atom. The third kappa shape index (κ3) is 3.09. The quantitative estimate of drug-likeness (QED) is 0.780. The number of benzene rings is 2. The lowest BCUT2D eigenvalue weighted by atomic mass is 10.2. The molecule has 5 heteroatoms. The molecule has 0 aliphatic carbocycles. The SMILES string of the molecule is CC(C)Oc1ccccc1C(=O)Nc1nc2ccccc2s1. The van der Waals surface area contributed by atoms with Gasteiger partial charge in [0.25, 0.3) is 5.91 Å². The first-order valence-corrected chi connectivity index (χ1v) is 7.88. The fourth-order valence-electron chi connectivity index (χ4n) is 2.10. The molecule has 0 saturated heterocycles. The molecule has 1 heterocycles. The minimum atomic E-state index is -0.213. The van der Waals surface area contributed by atoms with Crippen molar-refractivity contribution in [3.8, 4) is 5.75 Å². The maximum absolute atomic E-state index is 12.5. The fraction of sp³-hybridized carbons (Fsp3) is 0.176. The lowest BCUT2D eigenvalue weighted by Crippen LogP contribution is -2.15. The number of amides is 1. The summed E-state index contributed by atoms with van der Waals surface area (Å²) in [5.74, 6) is 0.367. The summed E-state index contributed by atoms with van der Waals surface area (Å²) >= 11 is 1.46. The van der Waals surface area contributed by atoms with Crippen LogP contribution >= 0.6 is 11.3 Å². The monoisotopic (exact) mass is 312 g/mol. The van der Waals surface area contributed by atoms with Crippen molar-refractivity contribution in [2.75, 3.05) is 5.32 Å². The largest absolute Gasteiger partial charge is 0.490 e. The van der Waals surface area contributed by atoms with E-state index in [4.69, 9.17) is 4.74 Å². The molecule has 0 unspecified atom stereocenters. The molecule has 1 aromatic heterocycles. The lowest BCUT2D eigenvalue weighted by molar-refractivity contribution is 0.102. The van der Waals surface area contributed by atoms with E-state index >= 15 is 0 Å². The summed E-state index contributed by atoms with van der Waals surface area (Å²) in [6.07, 6.45) is 0.0106. The van der Waals surface area contributed by atoms with Gasteiger partial charge in [0.05, 0.1) is 21.9 Å². The molecule has 0 fully saturated rings. The van der Waals surface area contributed by atoms with Crippen molar-refractivity contribution in [1.82, 2.24) is 4.98 Å². The maximum Gasteiger partial charge on any atom is 0.261 e. The molecule has 0 radical (unpaired) electrons. The Labute approximate surface area is 132 Å². The maximum atomic E-state index is 12.5. The molecule has 3 rings (SSSR count). The number of nitrogens with one attached hydrogen (secondary N) is 1. The van der Waals surface area contributed by atoms with Gasteiger partial charge in [-0.1, -0.05) is 35.6 Å². The Kier molecular flexibility index (Phi) is 4.06. The Balaban J connectivity index is 1.85. The number of para-hydroxylation sites is 2. The van der Waals surface area contributed by atoms with Gasteiger partial charge in [-0.15, -0.1) is 0 Å². The van der Waals surface area contributed by atoms with Crippen molar-refractivity contribution in [2.45, 2.75) is 20.0 Å². The first-order valence-electron chi connectivity index (χ1n) is 7.06. The number of ether oxygens (including phenoxy) is 1. The molecule has 3 aromatic rings. The van der Waals surface area contributed by atoms with Gasteiger partial charge in [0, 0.05) is 0 Å². The normalized spacial score (nSPS) is 10.9. The van der Waals surface area contributed by atoms with E-state index in [1.54, 1.807) is 12.1 Å². The van der Waals surface area contributed by atoms with Crippen LogP contribution in [-0.4, -0.2) is 17.0 Å². The van der Waals surface area contributed by atoms with E-state index in [-0.39, 0.29) is 12.0 Å². The highest BCUT2D eigenvalue weighted by Gasteiger charge is 2.15. The number of anilines is 1. The average Bonchev–Trinajstić information content (AvgIpc) is 2.89. The van der Waals surface area contributed by atoms with Gasteiger partial charge in [-0.05, 0) is 38.1 Å². The number of rotatable bonds is 4. The molecule has 4 nitrogen and oxygen atoms in total. The molecule has 2 aromatic carbocycles. The second-order valence-corrected chi connectivity index (χ2v) is 6.13. The summed E-state index contributed by atoms with van der Waals surface area (Å²) in [5.41, 5.74) is 1.39. The van der Waals surface area contributed by atoms with E-state index in [0.717, 1.165) is 10.2 Å². The van der Waals surface area contributed by atoms with Crippen LogP contribution in [0.15, 0.2) is 48.5 Å². The summed E-state index contributed by atoms with van der Waals surface area (Å²) in [7, 11) is 0. The smallest absolute Gasteiger partial charge is 0.261 e. The van der Waals surface area contributed by atoms with Gasteiger partial charge in [-0.3, -0.25) is 10.1 Å². The molecule has 112 valence electrons. The topological polar surface area (TPSA) is 51.2 Å². The first kappa shape index (κ1) is 14.5. The fourth-order valence-corrected chi connectivity index (χ4v) is 2.96. The van der Waals surface area contributed by atoms with Crippen LogP contribution in [0.2, 0.25) is 0 Å². The van der Waals surface area contributed by atoms with E-state index in [2.05, 4.69) is 10.3 Å². The number of nitrogens with zero attached hydrogens (tertiary/aromatic N) is 1. The highest BCUT2D eigenvalue weighted by atomic mass is 32.1. The van der Waals surface area contributed by atoms with Gasteiger partial charge in [0.1, 0.15) is 5.75 Å². The molecular formula is C17H16N2O2S. The van der Waals surface area contributed by atoms with Crippen LogP contribution in [0.5, 0.6) is 5.75 Å². The lowest BCUT2D eigenvalue weighted by Gasteiger charge is -2.13. The van der Waals surface area contributed by atoms with Gasteiger partial charge in [-0.2, -0.15) is 0 Å². The number of thiazole rings is 1. The summed E-state index contributed by atoms with van der Waals surface area (Å²) in [6.45, 7) is 3.87. The summed E-state index contributed by atoms with van der Waals surface area (Å²) in [5, 5.41) is 3.44. The number of fused-ring (bicyclic) bond motifs is 1. The van der Waals surface area contributed by atoms with Gasteiger partial charge in [0.2, 0.25) is 0 Å².